The number of rotatable bonds is 4. The number of nitrogens with one attached hydrogen (secondary N) is 1. The van der Waals surface area contributed by atoms with Gasteiger partial charge in [-0.15, -0.1) is 5.10 Å². The smallest absolute Gasteiger partial charge is 0.270 e. The Bertz CT molecular complexity index is 537. The first-order valence-corrected chi connectivity index (χ1v) is 6.32. The monoisotopic (exact) mass is 263 g/mol. The van der Waals surface area contributed by atoms with E-state index in [0.29, 0.717) is 16.4 Å². The molecule has 2 rings (SSSR count). The van der Waals surface area contributed by atoms with E-state index in [0.717, 1.165) is 30.1 Å². The predicted octanol–water partition coefficient (Wildman–Crippen LogP) is 1.72. The molecule has 0 aliphatic carbocycles. The molecule has 94 valence electrons. The SMILES string of the molecule is CCCc1nnsc1C(=O)Nc1ccc(N)cn1. The van der Waals surface area contributed by atoms with Crippen LogP contribution in [0.5, 0.6) is 0 Å². The molecule has 0 aromatic carbocycles. The number of carbonyl (C=O) groups excluding carboxylic acids is 1. The number of nitrogens with zero attached hydrogens (tertiary/aromatic N) is 3. The molecule has 18 heavy (non-hydrogen) atoms. The van der Waals surface area contributed by atoms with E-state index in [-0.39, 0.29) is 5.91 Å². The number of nitrogens with two attached hydrogens (primary N) is 1. The van der Waals surface area contributed by atoms with E-state index in [1.54, 1.807) is 12.1 Å². The normalized spacial score (nSPS) is 10.3. The average Bonchev–Trinajstić information content (AvgIpc) is 2.81. The quantitative estimate of drug-likeness (QED) is 0.876. The Hall–Kier alpha value is -2.02. The predicted molar refractivity (Wildman–Crippen MR) is 70.5 cm³/mol. The van der Waals surface area contributed by atoms with Crippen LogP contribution in [0, 0.1) is 0 Å². The molecule has 2 aromatic rings. The minimum atomic E-state index is -0.231. The lowest BCUT2D eigenvalue weighted by molar-refractivity contribution is 0.102. The maximum atomic E-state index is 12.0. The molecular formula is C11H13N5OS. The van der Waals surface area contributed by atoms with Crippen LogP contribution in [-0.4, -0.2) is 20.5 Å². The lowest BCUT2D eigenvalue weighted by atomic mass is 10.2. The van der Waals surface area contributed by atoms with Crippen molar-refractivity contribution in [2.45, 2.75) is 19.8 Å². The number of amides is 1. The Morgan fingerprint density at radius 2 is 2.33 bits per heavy atom. The maximum Gasteiger partial charge on any atom is 0.270 e. The fourth-order valence-electron chi connectivity index (χ4n) is 1.43. The number of aryl methyl sites for hydroxylation is 1. The minimum Gasteiger partial charge on any atom is -0.397 e. The van der Waals surface area contributed by atoms with Crippen LogP contribution in [0.25, 0.3) is 0 Å². The number of carbonyl (C=O) groups is 1. The zero-order chi connectivity index (χ0) is 13.0. The Morgan fingerprint density at radius 1 is 1.50 bits per heavy atom. The zero-order valence-corrected chi connectivity index (χ0v) is 10.7. The number of nitrogen functional groups attached to an aromatic ring is 1. The van der Waals surface area contributed by atoms with Gasteiger partial charge in [-0.2, -0.15) is 0 Å². The molecule has 1 amide bonds. The molecule has 3 N–H and O–H groups in total. The van der Waals surface area contributed by atoms with Crippen LogP contribution in [0.3, 0.4) is 0 Å². The van der Waals surface area contributed by atoms with Gasteiger partial charge in [-0.3, -0.25) is 4.79 Å². The summed E-state index contributed by atoms with van der Waals surface area (Å²) in [7, 11) is 0. The van der Waals surface area contributed by atoms with E-state index in [1.807, 2.05) is 6.92 Å². The summed E-state index contributed by atoms with van der Waals surface area (Å²) in [4.78, 5) is 16.6. The van der Waals surface area contributed by atoms with Crippen LogP contribution in [0.1, 0.15) is 28.7 Å². The first-order chi connectivity index (χ1) is 8.70. The van der Waals surface area contributed by atoms with Gasteiger partial charge in [0.15, 0.2) is 0 Å². The van der Waals surface area contributed by atoms with Crippen molar-refractivity contribution >= 4 is 28.9 Å². The molecule has 6 nitrogen and oxygen atoms in total. The van der Waals surface area contributed by atoms with E-state index >= 15 is 0 Å². The van der Waals surface area contributed by atoms with Crippen LogP contribution in [0.2, 0.25) is 0 Å². The largest absolute Gasteiger partial charge is 0.397 e. The molecular weight excluding hydrogens is 250 g/mol. The summed E-state index contributed by atoms with van der Waals surface area (Å²) < 4.78 is 3.81. The van der Waals surface area contributed by atoms with Crippen LogP contribution in [0.15, 0.2) is 18.3 Å². The highest BCUT2D eigenvalue weighted by atomic mass is 32.1. The Morgan fingerprint density at radius 3 is 3.00 bits per heavy atom. The van der Waals surface area contributed by atoms with Crippen molar-refractivity contribution < 1.29 is 4.79 Å². The summed E-state index contributed by atoms with van der Waals surface area (Å²) in [5.41, 5.74) is 6.81. The maximum absolute atomic E-state index is 12.0. The molecule has 0 spiro atoms. The van der Waals surface area contributed by atoms with Crippen molar-refractivity contribution in [1.82, 2.24) is 14.6 Å². The molecule has 0 saturated heterocycles. The third-order valence-corrected chi connectivity index (χ3v) is 3.04. The summed E-state index contributed by atoms with van der Waals surface area (Å²) in [5, 5.41) is 6.65. The van der Waals surface area contributed by atoms with E-state index in [4.69, 9.17) is 5.73 Å². The van der Waals surface area contributed by atoms with Gasteiger partial charge in [0, 0.05) is 0 Å². The topological polar surface area (TPSA) is 93.8 Å². The molecule has 0 fully saturated rings. The second-order valence-corrected chi connectivity index (χ2v) is 4.48. The van der Waals surface area contributed by atoms with Gasteiger partial charge in [-0.05, 0) is 30.1 Å². The van der Waals surface area contributed by atoms with E-state index in [9.17, 15) is 4.79 Å². The van der Waals surface area contributed by atoms with Gasteiger partial charge < -0.3 is 11.1 Å². The first-order valence-electron chi connectivity index (χ1n) is 5.54. The fourth-order valence-corrected chi connectivity index (χ4v) is 2.04. The first kappa shape index (κ1) is 12.4. The summed E-state index contributed by atoms with van der Waals surface area (Å²) in [5.74, 6) is 0.232. The third kappa shape index (κ3) is 2.80. The van der Waals surface area contributed by atoms with Crippen LogP contribution < -0.4 is 11.1 Å². The number of hydrogen-bond donors (Lipinski definition) is 2. The number of aromatic nitrogens is 3. The highest BCUT2D eigenvalue weighted by Gasteiger charge is 2.15. The molecule has 0 bridgehead atoms. The van der Waals surface area contributed by atoms with Gasteiger partial charge in [-0.25, -0.2) is 4.98 Å². The number of hydrogen-bond acceptors (Lipinski definition) is 6. The minimum absolute atomic E-state index is 0.231. The number of anilines is 2. The van der Waals surface area contributed by atoms with Crippen LogP contribution in [0.4, 0.5) is 11.5 Å². The molecule has 0 saturated carbocycles. The summed E-state index contributed by atoms with van der Waals surface area (Å²) in [6.07, 6.45) is 3.16. The molecule has 0 atom stereocenters. The van der Waals surface area contributed by atoms with Crippen molar-refractivity contribution in [3.8, 4) is 0 Å². The summed E-state index contributed by atoms with van der Waals surface area (Å²) >= 11 is 1.09. The standard InChI is InChI=1S/C11H13N5OS/c1-2-3-8-10(18-16-15-8)11(17)14-9-5-4-7(12)6-13-9/h4-6H,2-3,12H2,1H3,(H,13,14,17). The van der Waals surface area contributed by atoms with Crippen molar-refractivity contribution in [1.29, 1.82) is 0 Å². The molecule has 2 aromatic heterocycles. The average molecular weight is 263 g/mol. The third-order valence-electron chi connectivity index (χ3n) is 2.28. The fraction of sp³-hybridized carbons (Fsp3) is 0.273. The second kappa shape index (κ2) is 5.54. The Labute approximate surface area is 108 Å². The second-order valence-electron chi connectivity index (χ2n) is 3.73. The van der Waals surface area contributed by atoms with Crippen molar-refractivity contribution in [3.05, 3.63) is 28.9 Å². The highest BCUT2D eigenvalue weighted by Crippen LogP contribution is 2.15. The molecule has 0 unspecified atom stereocenters. The van der Waals surface area contributed by atoms with Crippen molar-refractivity contribution in [2.75, 3.05) is 11.1 Å². The summed E-state index contributed by atoms with van der Waals surface area (Å²) in [6.45, 7) is 2.03. The molecule has 0 aliphatic heterocycles. The van der Waals surface area contributed by atoms with Crippen molar-refractivity contribution in [3.63, 3.8) is 0 Å². The van der Waals surface area contributed by atoms with E-state index in [1.165, 1.54) is 6.20 Å². The molecule has 7 heteroatoms. The van der Waals surface area contributed by atoms with Gasteiger partial charge in [0.05, 0.1) is 17.6 Å². The molecule has 2 heterocycles. The van der Waals surface area contributed by atoms with E-state index < -0.39 is 0 Å². The Balaban J connectivity index is 2.11. The van der Waals surface area contributed by atoms with Gasteiger partial charge in [0.1, 0.15) is 10.7 Å². The highest BCUT2D eigenvalue weighted by molar-refractivity contribution is 7.08. The van der Waals surface area contributed by atoms with Gasteiger partial charge >= 0.3 is 0 Å². The van der Waals surface area contributed by atoms with Crippen LogP contribution in [-0.2, 0) is 6.42 Å². The van der Waals surface area contributed by atoms with Gasteiger partial charge in [0.25, 0.3) is 5.91 Å². The number of pyridine rings is 1. The molecule has 0 radical (unpaired) electrons. The lowest BCUT2D eigenvalue weighted by Gasteiger charge is -2.03. The summed E-state index contributed by atoms with van der Waals surface area (Å²) in [6, 6.07) is 3.34. The van der Waals surface area contributed by atoms with Gasteiger partial charge in [0.2, 0.25) is 0 Å². The lowest BCUT2D eigenvalue weighted by Crippen LogP contribution is -2.13. The van der Waals surface area contributed by atoms with Crippen LogP contribution >= 0.6 is 11.5 Å². The van der Waals surface area contributed by atoms with E-state index in [2.05, 4.69) is 19.9 Å². The Kier molecular flexibility index (Phi) is 3.83. The van der Waals surface area contributed by atoms with Gasteiger partial charge in [-0.1, -0.05) is 17.8 Å². The van der Waals surface area contributed by atoms with Crippen molar-refractivity contribution in [2.24, 2.45) is 0 Å². The zero-order valence-electron chi connectivity index (χ0n) is 9.88. The molecule has 0 aliphatic rings.